The maximum absolute atomic E-state index is 12.4. The Morgan fingerprint density at radius 2 is 1.83 bits per heavy atom. The van der Waals surface area contributed by atoms with Crippen LogP contribution in [0.2, 0.25) is 0 Å². The van der Waals surface area contributed by atoms with Gasteiger partial charge in [0.1, 0.15) is 12.3 Å². The van der Waals surface area contributed by atoms with E-state index in [2.05, 4.69) is 5.32 Å². The molecule has 9 heteroatoms. The fourth-order valence-corrected chi connectivity index (χ4v) is 3.40. The molecule has 0 spiro atoms. The van der Waals surface area contributed by atoms with Crippen molar-refractivity contribution in [2.45, 2.75) is 0 Å². The van der Waals surface area contributed by atoms with Crippen molar-refractivity contribution in [2.75, 3.05) is 11.9 Å². The van der Waals surface area contributed by atoms with Gasteiger partial charge < -0.3 is 15.5 Å². The number of hydrogen-bond acceptors (Lipinski definition) is 6. The minimum absolute atomic E-state index is 0.0568. The summed E-state index contributed by atoms with van der Waals surface area (Å²) in [5.41, 5.74) is 0.553. The summed E-state index contributed by atoms with van der Waals surface area (Å²) >= 11 is 0.715. The highest BCUT2D eigenvalue weighted by molar-refractivity contribution is 8.18. The van der Waals surface area contributed by atoms with Crippen molar-refractivity contribution < 1.29 is 29.4 Å². The second kappa shape index (κ2) is 9.10. The minimum Gasteiger partial charge on any atom is -0.508 e. The number of nitrogens with one attached hydrogen (secondary N) is 1. The van der Waals surface area contributed by atoms with E-state index in [4.69, 9.17) is 0 Å². The van der Waals surface area contributed by atoms with Gasteiger partial charge in [-0.05, 0) is 41.6 Å². The van der Waals surface area contributed by atoms with Gasteiger partial charge in [0, 0.05) is 0 Å². The van der Waals surface area contributed by atoms with Crippen LogP contribution in [0.15, 0.2) is 65.6 Å². The number of carboxylic acids is 1. The molecule has 0 unspecified atom stereocenters. The smallest absolute Gasteiger partial charge is 0.337 e. The third kappa shape index (κ3) is 4.95. The lowest BCUT2D eigenvalue weighted by molar-refractivity contribution is -0.127. The molecule has 2 aromatic rings. The second-order valence-electron chi connectivity index (χ2n) is 6.14. The number of carboxylic acid groups (broad SMARTS) is 1. The average Bonchev–Trinajstić information content (AvgIpc) is 2.97. The average molecular weight is 424 g/mol. The van der Waals surface area contributed by atoms with Crippen LogP contribution >= 0.6 is 11.8 Å². The number of benzene rings is 2. The first kappa shape index (κ1) is 20.9. The van der Waals surface area contributed by atoms with Crippen LogP contribution in [0.1, 0.15) is 15.9 Å². The molecule has 30 heavy (non-hydrogen) atoms. The third-order valence-corrected chi connectivity index (χ3v) is 4.94. The number of imide groups is 1. The number of aromatic carboxylic acids is 1. The molecule has 0 atom stereocenters. The molecular formula is C21H16N2O6S. The first-order valence-electron chi connectivity index (χ1n) is 8.68. The van der Waals surface area contributed by atoms with Crippen LogP contribution in [0.5, 0.6) is 5.75 Å². The fourth-order valence-electron chi connectivity index (χ4n) is 2.61. The molecule has 8 nitrogen and oxygen atoms in total. The van der Waals surface area contributed by atoms with Crippen molar-refractivity contribution in [3.05, 3.63) is 76.7 Å². The largest absolute Gasteiger partial charge is 0.508 e. The Kier molecular flexibility index (Phi) is 6.33. The molecule has 1 aliphatic rings. The van der Waals surface area contributed by atoms with E-state index >= 15 is 0 Å². The highest BCUT2D eigenvalue weighted by atomic mass is 32.2. The van der Waals surface area contributed by atoms with Crippen LogP contribution in [0.3, 0.4) is 0 Å². The van der Waals surface area contributed by atoms with E-state index in [0.29, 0.717) is 11.8 Å². The molecule has 3 rings (SSSR count). The zero-order chi connectivity index (χ0) is 21.7. The van der Waals surface area contributed by atoms with E-state index in [-0.39, 0.29) is 21.9 Å². The van der Waals surface area contributed by atoms with Gasteiger partial charge in [0.2, 0.25) is 5.91 Å². The Balaban J connectivity index is 1.67. The Labute approximate surface area is 175 Å². The van der Waals surface area contributed by atoms with E-state index in [9.17, 15) is 29.4 Å². The Morgan fingerprint density at radius 3 is 2.53 bits per heavy atom. The molecule has 0 aliphatic carbocycles. The predicted molar refractivity (Wildman–Crippen MR) is 112 cm³/mol. The van der Waals surface area contributed by atoms with Gasteiger partial charge in [0.15, 0.2) is 0 Å². The minimum atomic E-state index is -1.35. The quantitative estimate of drug-likeness (QED) is 0.480. The maximum atomic E-state index is 12.4. The van der Waals surface area contributed by atoms with Gasteiger partial charge in [0.05, 0.1) is 16.2 Å². The summed E-state index contributed by atoms with van der Waals surface area (Å²) in [6.07, 6.45) is 4.92. The fraction of sp³-hybridized carbons (Fsp3) is 0.0476. The SMILES string of the molecule is O=C(CN1C(=O)S/C(=C\C=C\c2ccccc2)C1=O)Nc1ccc(O)cc1C(=O)O. The molecule has 1 fully saturated rings. The molecule has 2 aromatic carbocycles. The van der Waals surface area contributed by atoms with E-state index in [1.807, 2.05) is 30.3 Å². The topological polar surface area (TPSA) is 124 Å². The van der Waals surface area contributed by atoms with Crippen molar-refractivity contribution in [3.8, 4) is 5.75 Å². The number of carbonyl (C=O) groups is 4. The van der Waals surface area contributed by atoms with Gasteiger partial charge in [-0.3, -0.25) is 19.3 Å². The number of nitrogens with zero attached hydrogens (tertiary/aromatic N) is 1. The van der Waals surface area contributed by atoms with Gasteiger partial charge in [-0.25, -0.2) is 4.79 Å². The summed E-state index contributed by atoms with van der Waals surface area (Å²) in [6.45, 7) is -0.565. The predicted octanol–water partition coefficient (Wildman–Crippen LogP) is 3.32. The number of hydrogen-bond donors (Lipinski definition) is 3. The molecule has 0 radical (unpaired) electrons. The molecule has 0 saturated carbocycles. The summed E-state index contributed by atoms with van der Waals surface area (Å²) in [6, 6.07) is 12.8. The van der Waals surface area contributed by atoms with Gasteiger partial charge in [-0.2, -0.15) is 0 Å². The first-order valence-corrected chi connectivity index (χ1v) is 9.50. The Hall–Kier alpha value is -3.85. The highest BCUT2D eigenvalue weighted by Gasteiger charge is 2.36. The molecule has 0 aromatic heterocycles. The summed E-state index contributed by atoms with van der Waals surface area (Å²) in [7, 11) is 0. The molecule has 152 valence electrons. The number of aromatic hydroxyl groups is 1. The van der Waals surface area contributed by atoms with Crippen LogP contribution in [0.25, 0.3) is 6.08 Å². The zero-order valence-electron chi connectivity index (χ0n) is 15.4. The Bertz CT molecular complexity index is 1080. The van der Waals surface area contributed by atoms with Gasteiger partial charge in [0.25, 0.3) is 11.1 Å². The monoisotopic (exact) mass is 424 g/mol. The number of thioether (sulfide) groups is 1. The van der Waals surface area contributed by atoms with Crippen LogP contribution in [-0.4, -0.2) is 44.7 Å². The number of phenols is 1. The molecule has 1 heterocycles. The van der Waals surface area contributed by atoms with Crippen molar-refractivity contribution in [1.29, 1.82) is 0 Å². The van der Waals surface area contributed by atoms with Crippen molar-refractivity contribution in [2.24, 2.45) is 0 Å². The van der Waals surface area contributed by atoms with Crippen LogP contribution in [0, 0.1) is 0 Å². The Morgan fingerprint density at radius 1 is 1.10 bits per heavy atom. The summed E-state index contributed by atoms with van der Waals surface area (Å²) in [5.74, 6) is -2.97. The van der Waals surface area contributed by atoms with Crippen LogP contribution in [0.4, 0.5) is 10.5 Å². The standard InChI is InChI=1S/C21H16N2O6S/c24-14-9-10-16(15(11-14)20(27)28)22-18(25)12-23-19(26)17(30-21(23)29)8-4-7-13-5-2-1-3-6-13/h1-11,24H,12H2,(H,22,25)(H,27,28)/b7-4+,17-8-. The molecule has 0 bridgehead atoms. The van der Waals surface area contributed by atoms with Gasteiger partial charge >= 0.3 is 5.97 Å². The lowest BCUT2D eigenvalue weighted by atomic mass is 10.1. The maximum Gasteiger partial charge on any atom is 0.337 e. The van der Waals surface area contributed by atoms with Crippen LogP contribution in [-0.2, 0) is 9.59 Å². The number of amides is 3. The third-order valence-electron chi connectivity index (χ3n) is 4.02. The lowest BCUT2D eigenvalue weighted by Gasteiger charge is -2.13. The zero-order valence-corrected chi connectivity index (χ0v) is 16.3. The van der Waals surface area contributed by atoms with Crippen molar-refractivity contribution >= 4 is 46.5 Å². The number of rotatable bonds is 6. The number of phenolic OH excluding ortho intramolecular Hbond substituents is 1. The summed E-state index contributed by atoms with van der Waals surface area (Å²) in [4.78, 5) is 49.1. The van der Waals surface area contributed by atoms with E-state index < -0.39 is 29.6 Å². The highest BCUT2D eigenvalue weighted by Crippen LogP contribution is 2.30. The second-order valence-corrected chi connectivity index (χ2v) is 7.14. The van der Waals surface area contributed by atoms with Gasteiger partial charge in [-0.1, -0.05) is 42.5 Å². The molecule has 3 amide bonds. The number of anilines is 1. The number of allylic oxidation sites excluding steroid dienone is 2. The van der Waals surface area contributed by atoms with E-state index in [1.165, 1.54) is 18.2 Å². The summed E-state index contributed by atoms with van der Waals surface area (Å²) in [5, 5.41) is 20.3. The molecule has 1 aliphatic heterocycles. The molecule has 1 saturated heterocycles. The van der Waals surface area contributed by atoms with E-state index in [0.717, 1.165) is 16.5 Å². The lowest BCUT2D eigenvalue weighted by Crippen LogP contribution is -2.36. The normalized spacial score (nSPS) is 15.2. The van der Waals surface area contributed by atoms with Crippen molar-refractivity contribution in [1.82, 2.24) is 4.90 Å². The molecular weight excluding hydrogens is 408 g/mol. The summed E-state index contributed by atoms with van der Waals surface area (Å²) < 4.78 is 0. The first-order chi connectivity index (χ1) is 14.3. The number of carbonyl (C=O) groups excluding carboxylic acids is 3. The molecule has 3 N–H and O–H groups in total. The van der Waals surface area contributed by atoms with Crippen LogP contribution < -0.4 is 5.32 Å². The van der Waals surface area contributed by atoms with Gasteiger partial charge in [-0.15, -0.1) is 0 Å². The van der Waals surface area contributed by atoms with E-state index in [1.54, 1.807) is 12.2 Å². The van der Waals surface area contributed by atoms with Crippen molar-refractivity contribution in [3.63, 3.8) is 0 Å².